The fraction of sp³-hybridized carbons (Fsp3) is 0.261. The minimum absolute atomic E-state index is 0.0417. The van der Waals surface area contributed by atoms with E-state index in [1.54, 1.807) is 4.68 Å². The first-order valence-electron chi connectivity index (χ1n) is 9.98. The molecule has 0 radical (unpaired) electrons. The van der Waals surface area contributed by atoms with Gasteiger partial charge in [0.1, 0.15) is 12.4 Å². The van der Waals surface area contributed by atoms with E-state index in [2.05, 4.69) is 15.7 Å². The third-order valence-corrected chi connectivity index (χ3v) is 5.15. The second-order valence-corrected chi connectivity index (χ2v) is 7.26. The largest absolute Gasteiger partial charge is 0.492 e. The number of nitrogens with one attached hydrogen (secondary N) is 2. The van der Waals surface area contributed by atoms with Crippen molar-refractivity contribution < 1.29 is 14.3 Å². The quantitative estimate of drug-likeness (QED) is 0.618. The fourth-order valence-electron chi connectivity index (χ4n) is 3.66. The Balaban J connectivity index is 1.35. The summed E-state index contributed by atoms with van der Waals surface area (Å²) in [6.45, 7) is 4.46. The molecular weight excluding hydrogens is 380 g/mol. The summed E-state index contributed by atoms with van der Waals surface area (Å²) in [5.41, 5.74) is 4.90. The van der Waals surface area contributed by atoms with Crippen molar-refractivity contribution in [3.63, 3.8) is 0 Å². The summed E-state index contributed by atoms with van der Waals surface area (Å²) in [7, 11) is 0. The monoisotopic (exact) mass is 404 g/mol. The van der Waals surface area contributed by atoms with E-state index in [1.807, 2.05) is 62.4 Å². The summed E-state index contributed by atoms with van der Waals surface area (Å²) in [6, 6.07) is 15.4. The molecule has 0 unspecified atom stereocenters. The van der Waals surface area contributed by atoms with Crippen LogP contribution >= 0.6 is 0 Å². The van der Waals surface area contributed by atoms with E-state index in [0.29, 0.717) is 37.3 Å². The Hall–Kier alpha value is -3.61. The number of ether oxygens (including phenoxy) is 1. The van der Waals surface area contributed by atoms with Crippen LogP contribution in [0.1, 0.15) is 33.7 Å². The van der Waals surface area contributed by atoms with Gasteiger partial charge in [-0.15, -0.1) is 0 Å². The first-order chi connectivity index (χ1) is 14.5. The predicted octanol–water partition coefficient (Wildman–Crippen LogP) is 3.18. The van der Waals surface area contributed by atoms with Crippen LogP contribution in [0.15, 0.2) is 48.5 Å². The van der Waals surface area contributed by atoms with Gasteiger partial charge in [-0.25, -0.2) is 4.68 Å². The molecule has 4 rings (SSSR count). The first kappa shape index (κ1) is 19.7. The lowest BCUT2D eigenvalue weighted by molar-refractivity contribution is -0.116. The van der Waals surface area contributed by atoms with Crippen molar-refractivity contribution in [1.29, 1.82) is 0 Å². The average molecular weight is 404 g/mol. The van der Waals surface area contributed by atoms with Crippen LogP contribution < -0.4 is 15.4 Å². The number of anilines is 1. The molecule has 0 saturated heterocycles. The minimum Gasteiger partial charge on any atom is -0.492 e. The van der Waals surface area contributed by atoms with Crippen molar-refractivity contribution in [2.24, 2.45) is 0 Å². The van der Waals surface area contributed by atoms with Crippen LogP contribution in [0.3, 0.4) is 0 Å². The Morgan fingerprint density at radius 3 is 2.77 bits per heavy atom. The first-order valence-corrected chi connectivity index (χ1v) is 9.98. The summed E-state index contributed by atoms with van der Waals surface area (Å²) in [5, 5.41) is 10.3. The van der Waals surface area contributed by atoms with Crippen molar-refractivity contribution >= 4 is 17.5 Å². The highest BCUT2D eigenvalue weighted by atomic mass is 16.5. The van der Waals surface area contributed by atoms with E-state index in [9.17, 15) is 9.59 Å². The molecule has 2 N–H and O–H groups in total. The van der Waals surface area contributed by atoms with Gasteiger partial charge in [0.2, 0.25) is 5.91 Å². The van der Waals surface area contributed by atoms with Gasteiger partial charge in [0, 0.05) is 12.1 Å². The van der Waals surface area contributed by atoms with Crippen LogP contribution in [0.5, 0.6) is 5.75 Å². The maximum atomic E-state index is 12.7. The predicted molar refractivity (Wildman–Crippen MR) is 114 cm³/mol. The third kappa shape index (κ3) is 4.05. The van der Waals surface area contributed by atoms with Gasteiger partial charge < -0.3 is 15.4 Å². The molecule has 7 heteroatoms. The zero-order valence-electron chi connectivity index (χ0n) is 17.1. The molecule has 1 aromatic heterocycles. The third-order valence-electron chi connectivity index (χ3n) is 5.15. The van der Waals surface area contributed by atoms with Gasteiger partial charge in [-0.2, -0.15) is 5.10 Å². The number of aromatic nitrogens is 2. The molecule has 1 aliphatic heterocycles. The molecule has 30 heavy (non-hydrogen) atoms. The lowest BCUT2D eigenvalue weighted by Gasteiger charge is -2.17. The Labute approximate surface area is 175 Å². The van der Waals surface area contributed by atoms with Crippen LogP contribution in [0.4, 0.5) is 5.69 Å². The van der Waals surface area contributed by atoms with E-state index in [-0.39, 0.29) is 11.8 Å². The van der Waals surface area contributed by atoms with E-state index in [0.717, 1.165) is 28.4 Å². The van der Waals surface area contributed by atoms with Gasteiger partial charge in [-0.05, 0) is 56.2 Å². The van der Waals surface area contributed by atoms with Crippen molar-refractivity contribution in [3.8, 4) is 11.4 Å². The molecular formula is C23H24N4O3. The molecule has 3 aromatic rings. The van der Waals surface area contributed by atoms with Gasteiger partial charge >= 0.3 is 0 Å². The molecule has 1 aliphatic rings. The second kappa shape index (κ2) is 8.41. The maximum absolute atomic E-state index is 12.7. The van der Waals surface area contributed by atoms with Crippen LogP contribution in [-0.4, -0.2) is 34.7 Å². The fourth-order valence-corrected chi connectivity index (χ4v) is 3.66. The van der Waals surface area contributed by atoms with Crippen molar-refractivity contribution in [2.75, 3.05) is 18.5 Å². The number of benzene rings is 2. The van der Waals surface area contributed by atoms with E-state index in [1.165, 1.54) is 0 Å². The van der Waals surface area contributed by atoms with E-state index >= 15 is 0 Å². The smallest absolute Gasteiger partial charge is 0.255 e. The Morgan fingerprint density at radius 1 is 1.17 bits per heavy atom. The van der Waals surface area contributed by atoms with E-state index < -0.39 is 0 Å². The number of nitrogens with zero attached hydrogens (tertiary/aromatic N) is 2. The number of amides is 2. The van der Waals surface area contributed by atoms with Crippen LogP contribution in [0.25, 0.3) is 5.69 Å². The van der Waals surface area contributed by atoms with E-state index in [4.69, 9.17) is 4.74 Å². The summed E-state index contributed by atoms with van der Waals surface area (Å²) < 4.78 is 7.56. The zero-order chi connectivity index (χ0) is 21.1. The molecule has 0 spiro atoms. The summed E-state index contributed by atoms with van der Waals surface area (Å²) in [4.78, 5) is 24.1. The molecule has 0 bridgehead atoms. The molecule has 0 fully saturated rings. The van der Waals surface area contributed by atoms with Crippen molar-refractivity contribution in [1.82, 2.24) is 15.1 Å². The normalized spacial score (nSPS) is 12.8. The maximum Gasteiger partial charge on any atom is 0.255 e. The average Bonchev–Trinajstić information content (AvgIpc) is 3.05. The van der Waals surface area contributed by atoms with Crippen molar-refractivity contribution in [3.05, 3.63) is 71.0 Å². The van der Waals surface area contributed by atoms with Crippen LogP contribution in [-0.2, 0) is 11.2 Å². The highest BCUT2D eigenvalue weighted by Gasteiger charge is 2.19. The molecule has 0 atom stereocenters. The SMILES string of the molecule is Cc1nn(-c2ccccc2)c(C)c1C(=O)NCCOc1ccc2c(c1)CCC(=O)N2. The molecule has 2 amide bonds. The zero-order valence-corrected chi connectivity index (χ0v) is 17.1. The Morgan fingerprint density at radius 2 is 1.97 bits per heavy atom. The minimum atomic E-state index is -0.163. The molecule has 7 nitrogen and oxygen atoms in total. The molecule has 2 heterocycles. The van der Waals surface area contributed by atoms with Gasteiger partial charge in [-0.3, -0.25) is 9.59 Å². The number of para-hydroxylation sites is 1. The lowest BCUT2D eigenvalue weighted by Crippen LogP contribution is -2.29. The highest BCUT2D eigenvalue weighted by molar-refractivity contribution is 5.96. The summed E-state index contributed by atoms with van der Waals surface area (Å²) in [6.07, 6.45) is 1.20. The number of fused-ring (bicyclic) bond motifs is 1. The molecule has 0 saturated carbocycles. The van der Waals surface area contributed by atoms with Gasteiger partial charge in [0.25, 0.3) is 5.91 Å². The van der Waals surface area contributed by atoms with Crippen LogP contribution in [0.2, 0.25) is 0 Å². The summed E-state index contributed by atoms with van der Waals surface area (Å²) in [5.74, 6) is 0.604. The Bertz CT molecular complexity index is 1090. The molecule has 2 aromatic carbocycles. The lowest BCUT2D eigenvalue weighted by atomic mass is 10.0. The summed E-state index contributed by atoms with van der Waals surface area (Å²) >= 11 is 0. The number of hydrogen-bond acceptors (Lipinski definition) is 4. The van der Waals surface area contributed by atoms with Crippen molar-refractivity contribution in [2.45, 2.75) is 26.7 Å². The number of rotatable bonds is 6. The van der Waals surface area contributed by atoms with Gasteiger partial charge in [0.15, 0.2) is 0 Å². The molecule has 0 aliphatic carbocycles. The number of carbonyl (C=O) groups excluding carboxylic acids is 2. The topological polar surface area (TPSA) is 85.2 Å². The van der Waals surface area contributed by atoms with Gasteiger partial charge in [0.05, 0.1) is 29.2 Å². The van der Waals surface area contributed by atoms with Crippen LogP contribution in [0, 0.1) is 13.8 Å². The number of hydrogen-bond donors (Lipinski definition) is 2. The second-order valence-electron chi connectivity index (χ2n) is 7.26. The standard InChI is InChI=1S/C23H24N4O3/c1-15-22(16(2)27(26-15)18-6-4-3-5-7-18)23(29)24-12-13-30-19-9-10-20-17(14-19)8-11-21(28)25-20/h3-7,9-10,14H,8,11-13H2,1-2H3,(H,24,29)(H,25,28). The number of carbonyl (C=O) groups is 2. The molecule has 154 valence electrons. The van der Waals surface area contributed by atoms with Gasteiger partial charge in [-0.1, -0.05) is 18.2 Å². The Kier molecular flexibility index (Phi) is 5.52. The highest BCUT2D eigenvalue weighted by Crippen LogP contribution is 2.26. The number of aryl methyl sites for hydroxylation is 2.